The third-order valence-corrected chi connectivity index (χ3v) is 2.16. The molecule has 0 saturated heterocycles. The summed E-state index contributed by atoms with van der Waals surface area (Å²) in [6.07, 6.45) is 6.94. The molecule has 0 aromatic carbocycles. The summed E-state index contributed by atoms with van der Waals surface area (Å²) < 4.78 is 5.03. The van der Waals surface area contributed by atoms with E-state index in [9.17, 15) is 4.79 Å². The number of carbonyl (C=O) groups is 1. The molecule has 2 rings (SSSR count). The van der Waals surface area contributed by atoms with Crippen LogP contribution in [0.1, 0.15) is 0 Å². The van der Waals surface area contributed by atoms with Crippen molar-refractivity contribution in [2.45, 2.75) is 6.04 Å². The molecule has 68 valence electrons. The summed E-state index contributed by atoms with van der Waals surface area (Å²) in [6.45, 7) is 0. The summed E-state index contributed by atoms with van der Waals surface area (Å²) in [5.41, 5.74) is 0. The highest BCUT2D eigenvalue weighted by atomic mass is 16.5. The maximum absolute atomic E-state index is 11.4. The molecule has 2 unspecified atom stereocenters. The van der Waals surface area contributed by atoms with Crippen LogP contribution in [-0.4, -0.2) is 25.4 Å². The molecule has 4 heteroatoms. The zero-order valence-corrected chi connectivity index (χ0v) is 7.23. The van der Waals surface area contributed by atoms with Crippen molar-refractivity contribution in [1.29, 1.82) is 0 Å². The summed E-state index contributed by atoms with van der Waals surface area (Å²) in [6, 6.07) is -0.0624. The van der Waals surface area contributed by atoms with E-state index < -0.39 is 0 Å². The molecule has 0 aromatic heterocycles. The van der Waals surface area contributed by atoms with Gasteiger partial charge in [-0.2, -0.15) is 0 Å². The summed E-state index contributed by atoms with van der Waals surface area (Å²) in [5, 5.41) is 2.56. The third-order valence-electron chi connectivity index (χ3n) is 2.16. The molecule has 2 atom stereocenters. The van der Waals surface area contributed by atoms with E-state index in [0.29, 0.717) is 5.76 Å². The largest absolute Gasteiger partial charge is 0.497 e. The Morgan fingerprint density at radius 1 is 1.62 bits per heavy atom. The van der Waals surface area contributed by atoms with Gasteiger partial charge in [0.05, 0.1) is 25.4 Å². The van der Waals surface area contributed by atoms with Gasteiger partial charge in [-0.05, 0) is 12.2 Å². The topological polar surface area (TPSA) is 50.7 Å². The van der Waals surface area contributed by atoms with Crippen LogP contribution in [0.3, 0.4) is 0 Å². The Morgan fingerprint density at radius 2 is 2.46 bits per heavy atom. The minimum atomic E-state index is -0.218. The van der Waals surface area contributed by atoms with E-state index in [1.165, 1.54) is 6.34 Å². The number of fused-ring (bicyclic) bond motifs is 1. The first-order valence-electron chi connectivity index (χ1n) is 4.07. The molecule has 1 amide bonds. The molecule has 1 aliphatic carbocycles. The Bertz CT molecular complexity index is 318. The molecule has 1 heterocycles. The second kappa shape index (κ2) is 3.05. The number of amides is 1. The van der Waals surface area contributed by atoms with Gasteiger partial charge in [-0.3, -0.25) is 9.79 Å². The van der Waals surface area contributed by atoms with E-state index >= 15 is 0 Å². The maximum atomic E-state index is 11.4. The number of ether oxygens (including phenoxy) is 1. The Labute approximate surface area is 76.0 Å². The summed E-state index contributed by atoms with van der Waals surface area (Å²) in [5.74, 6) is 0.470. The first-order chi connectivity index (χ1) is 6.31. The van der Waals surface area contributed by atoms with Crippen LogP contribution in [0.4, 0.5) is 0 Å². The quantitative estimate of drug-likeness (QED) is 0.624. The Hall–Kier alpha value is -1.58. The Morgan fingerprint density at radius 3 is 3.23 bits per heavy atom. The lowest BCUT2D eigenvalue weighted by Gasteiger charge is -2.24. The fourth-order valence-corrected chi connectivity index (χ4v) is 1.44. The first-order valence-corrected chi connectivity index (χ1v) is 4.07. The molecule has 0 bridgehead atoms. The van der Waals surface area contributed by atoms with Crippen molar-refractivity contribution in [3.05, 3.63) is 24.0 Å². The van der Waals surface area contributed by atoms with Crippen molar-refractivity contribution in [2.24, 2.45) is 10.9 Å². The fraction of sp³-hybridized carbons (Fsp3) is 0.333. The van der Waals surface area contributed by atoms with Crippen LogP contribution in [0.15, 0.2) is 29.0 Å². The van der Waals surface area contributed by atoms with E-state index in [4.69, 9.17) is 4.74 Å². The predicted molar refractivity (Wildman–Crippen MR) is 48.1 cm³/mol. The first kappa shape index (κ1) is 8.04. The molecule has 13 heavy (non-hydrogen) atoms. The number of methoxy groups -OCH3 is 1. The van der Waals surface area contributed by atoms with E-state index in [1.807, 2.05) is 12.2 Å². The molecule has 4 nitrogen and oxygen atoms in total. The molecule has 1 aliphatic heterocycles. The monoisotopic (exact) mass is 178 g/mol. The second-order valence-corrected chi connectivity index (χ2v) is 2.94. The minimum absolute atomic E-state index is 0.0288. The predicted octanol–water partition coefficient (Wildman–Crippen LogP) is 0.229. The fourth-order valence-electron chi connectivity index (χ4n) is 1.44. The minimum Gasteiger partial charge on any atom is -0.497 e. The summed E-state index contributed by atoms with van der Waals surface area (Å²) in [4.78, 5) is 15.5. The molecule has 0 spiro atoms. The zero-order chi connectivity index (χ0) is 9.26. The van der Waals surface area contributed by atoms with E-state index in [2.05, 4.69) is 10.3 Å². The van der Waals surface area contributed by atoms with Gasteiger partial charge in [-0.1, -0.05) is 6.08 Å². The summed E-state index contributed by atoms with van der Waals surface area (Å²) in [7, 11) is 1.58. The van der Waals surface area contributed by atoms with Crippen molar-refractivity contribution in [2.75, 3.05) is 7.11 Å². The number of hydrogen-bond acceptors (Lipinski definition) is 3. The Kier molecular flexibility index (Phi) is 1.88. The van der Waals surface area contributed by atoms with Crippen molar-refractivity contribution in [3.63, 3.8) is 0 Å². The van der Waals surface area contributed by atoms with Crippen molar-refractivity contribution < 1.29 is 9.53 Å². The van der Waals surface area contributed by atoms with Gasteiger partial charge in [0.2, 0.25) is 5.91 Å². The van der Waals surface area contributed by atoms with Gasteiger partial charge >= 0.3 is 0 Å². The third kappa shape index (κ3) is 1.35. The van der Waals surface area contributed by atoms with Crippen LogP contribution >= 0.6 is 0 Å². The van der Waals surface area contributed by atoms with Crippen LogP contribution in [0.2, 0.25) is 0 Å². The number of hydrogen-bond donors (Lipinski definition) is 1. The number of allylic oxidation sites excluding steroid dienone is 1. The molecule has 0 fully saturated rings. The van der Waals surface area contributed by atoms with Crippen LogP contribution in [-0.2, 0) is 9.53 Å². The number of rotatable bonds is 1. The highest BCUT2D eigenvalue weighted by molar-refractivity contribution is 5.93. The van der Waals surface area contributed by atoms with Crippen LogP contribution < -0.4 is 5.32 Å². The second-order valence-electron chi connectivity index (χ2n) is 2.94. The molecule has 0 saturated carbocycles. The van der Waals surface area contributed by atoms with Crippen molar-refractivity contribution in [1.82, 2.24) is 5.32 Å². The average molecular weight is 178 g/mol. The highest BCUT2D eigenvalue weighted by Gasteiger charge is 2.29. The van der Waals surface area contributed by atoms with Gasteiger partial charge in [0.25, 0.3) is 0 Å². The van der Waals surface area contributed by atoms with Crippen LogP contribution in [0.5, 0.6) is 0 Å². The van der Waals surface area contributed by atoms with Crippen LogP contribution in [0, 0.1) is 5.92 Å². The van der Waals surface area contributed by atoms with Gasteiger partial charge < -0.3 is 10.1 Å². The lowest BCUT2D eigenvalue weighted by molar-refractivity contribution is -0.122. The molecular formula is C9H10N2O2. The summed E-state index contributed by atoms with van der Waals surface area (Å²) >= 11 is 0. The highest BCUT2D eigenvalue weighted by Crippen LogP contribution is 2.21. The normalized spacial score (nSPS) is 30.5. The Balaban J connectivity index is 2.28. The number of carbonyl (C=O) groups excluding carboxylic acids is 1. The van der Waals surface area contributed by atoms with Crippen LogP contribution in [0.25, 0.3) is 0 Å². The molecule has 0 aromatic rings. The van der Waals surface area contributed by atoms with Gasteiger partial charge in [0, 0.05) is 0 Å². The number of nitrogens with one attached hydrogen (secondary N) is 1. The standard InChI is InChI=1S/C9H10N2O2/c1-13-6-2-3-8-7(4-6)9(12)11-5-10-8/h2-5,7-8H,1H3,(H,10,11,12). The van der Waals surface area contributed by atoms with Gasteiger partial charge in [0.15, 0.2) is 0 Å². The molecule has 0 radical (unpaired) electrons. The lowest BCUT2D eigenvalue weighted by Crippen LogP contribution is -2.40. The zero-order valence-electron chi connectivity index (χ0n) is 7.23. The van der Waals surface area contributed by atoms with Crippen molar-refractivity contribution >= 4 is 12.2 Å². The van der Waals surface area contributed by atoms with Gasteiger partial charge in [-0.25, -0.2) is 0 Å². The van der Waals surface area contributed by atoms with E-state index in [1.54, 1.807) is 13.2 Å². The number of nitrogens with zero attached hydrogens (tertiary/aromatic N) is 1. The molecule has 2 aliphatic rings. The SMILES string of the molecule is COC1=CC2C(=O)NC=NC2C=C1. The maximum Gasteiger partial charge on any atom is 0.234 e. The van der Waals surface area contributed by atoms with E-state index in [-0.39, 0.29) is 17.9 Å². The number of aliphatic imine (C=N–C) groups is 1. The van der Waals surface area contributed by atoms with Crippen molar-refractivity contribution in [3.8, 4) is 0 Å². The van der Waals surface area contributed by atoms with Gasteiger partial charge in [-0.15, -0.1) is 0 Å². The smallest absolute Gasteiger partial charge is 0.234 e. The molecular weight excluding hydrogens is 168 g/mol. The molecule has 1 N–H and O–H groups in total. The average Bonchev–Trinajstić information content (AvgIpc) is 2.18. The lowest BCUT2D eigenvalue weighted by atomic mass is 9.93. The van der Waals surface area contributed by atoms with Gasteiger partial charge in [0.1, 0.15) is 5.76 Å². The van der Waals surface area contributed by atoms with E-state index in [0.717, 1.165) is 0 Å².